The van der Waals surface area contributed by atoms with Gasteiger partial charge in [0.05, 0.1) is 18.0 Å². The first-order valence-corrected chi connectivity index (χ1v) is 12.9. The van der Waals surface area contributed by atoms with Crippen LogP contribution in [0.1, 0.15) is 5.69 Å². The van der Waals surface area contributed by atoms with Gasteiger partial charge in [-0.1, -0.05) is 36.4 Å². The lowest BCUT2D eigenvalue weighted by molar-refractivity contribution is -0.133. The summed E-state index contributed by atoms with van der Waals surface area (Å²) in [4.78, 5) is 32.8. The van der Waals surface area contributed by atoms with Gasteiger partial charge in [0.25, 0.3) is 0 Å². The Balaban J connectivity index is 1.28. The molecule has 0 radical (unpaired) electrons. The number of sulfonamides is 1. The topological polar surface area (TPSA) is 103 Å². The predicted molar refractivity (Wildman–Crippen MR) is 134 cm³/mol. The lowest BCUT2D eigenvalue weighted by atomic mass is 10.1. The van der Waals surface area contributed by atoms with Gasteiger partial charge in [-0.25, -0.2) is 13.4 Å². The smallest absolute Gasteiger partial charge is 0.243 e. The summed E-state index contributed by atoms with van der Waals surface area (Å²) in [7, 11) is -1.95. The number of benzene rings is 2. The number of aryl methyl sites for hydroxylation is 1. The molecule has 0 unspecified atom stereocenters. The molecule has 2 amide bonds. The van der Waals surface area contributed by atoms with Crippen molar-refractivity contribution in [2.24, 2.45) is 0 Å². The molecule has 1 N–H and O–H groups in total. The van der Waals surface area contributed by atoms with Crippen LogP contribution in [0.4, 0.5) is 5.82 Å². The minimum absolute atomic E-state index is 0.0394. The van der Waals surface area contributed by atoms with Crippen LogP contribution in [0.3, 0.4) is 0 Å². The standard InChI is InChI=1S/C25H29N5O4S/c1-19-6-5-9-23(26-19)27-24(31)17-28(2)18-25(32)29-12-14-30(15-13-29)35(33,34)22-11-10-20-7-3-4-8-21(20)16-22/h3-11,16H,12-15,17-18H2,1-2H3,(H,26,27,31). The van der Waals surface area contributed by atoms with Crippen LogP contribution in [0, 0.1) is 6.92 Å². The Morgan fingerprint density at radius 2 is 1.66 bits per heavy atom. The van der Waals surface area contributed by atoms with Crippen LogP contribution in [-0.4, -0.2) is 85.6 Å². The van der Waals surface area contributed by atoms with E-state index in [0.717, 1.165) is 16.5 Å². The fraction of sp³-hybridized carbons (Fsp3) is 0.320. The second kappa shape index (κ2) is 10.5. The zero-order valence-electron chi connectivity index (χ0n) is 19.8. The summed E-state index contributed by atoms with van der Waals surface area (Å²) in [6.45, 7) is 3.00. The summed E-state index contributed by atoms with van der Waals surface area (Å²) in [5.41, 5.74) is 0.799. The number of piperazine rings is 1. The molecule has 0 atom stereocenters. The van der Waals surface area contributed by atoms with E-state index in [1.807, 2.05) is 49.4 Å². The van der Waals surface area contributed by atoms with E-state index < -0.39 is 10.0 Å². The molecule has 4 rings (SSSR count). The van der Waals surface area contributed by atoms with Gasteiger partial charge in [0.2, 0.25) is 21.8 Å². The number of fused-ring (bicyclic) bond motifs is 1. The Hall–Kier alpha value is -3.34. The molecule has 0 spiro atoms. The Bertz CT molecular complexity index is 1340. The summed E-state index contributed by atoms with van der Waals surface area (Å²) >= 11 is 0. The summed E-state index contributed by atoms with van der Waals surface area (Å²) in [6.07, 6.45) is 0. The number of aromatic nitrogens is 1. The Labute approximate surface area is 205 Å². The van der Waals surface area contributed by atoms with Gasteiger partial charge in [-0.15, -0.1) is 0 Å². The predicted octanol–water partition coefficient (Wildman–Crippen LogP) is 1.95. The van der Waals surface area contributed by atoms with Crippen LogP contribution in [0.2, 0.25) is 0 Å². The number of hydrogen-bond donors (Lipinski definition) is 1. The van der Waals surface area contributed by atoms with Gasteiger partial charge in [0.1, 0.15) is 5.82 Å². The third-order valence-corrected chi connectivity index (χ3v) is 7.82. The van der Waals surface area contributed by atoms with E-state index in [0.29, 0.717) is 18.9 Å². The Morgan fingerprint density at radius 1 is 0.943 bits per heavy atom. The molecule has 0 saturated carbocycles. The van der Waals surface area contributed by atoms with Gasteiger partial charge in [-0.2, -0.15) is 4.31 Å². The maximum absolute atomic E-state index is 13.1. The van der Waals surface area contributed by atoms with E-state index in [1.165, 1.54) is 4.31 Å². The van der Waals surface area contributed by atoms with E-state index in [9.17, 15) is 18.0 Å². The van der Waals surface area contributed by atoms with Crippen LogP contribution in [0.15, 0.2) is 65.6 Å². The number of anilines is 1. The molecule has 0 aliphatic carbocycles. The maximum atomic E-state index is 13.1. The van der Waals surface area contributed by atoms with E-state index in [4.69, 9.17) is 0 Å². The largest absolute Gasteiger partial charge is 0.339 e. The molecule has 2 aromatic carbocycles. The molecule has 184 valence electrons. The molecule has 1 aliphatic rings. The number of carbonyl (C=O) groups excluding carboxylic acids is 2. The highest BCUT2D eigenvalue weighted by Gasteiger charge is 2.30. The Kier molecular flexibility index (Phi) is 7.44. The van der Waals surface area contributed by atoms with Crippen LogP contribution >= 0.6 is 0 Å². The van der Waals surface area contributed by atoms with Gasteiger partial charge in [-0.05, 0) is 49.0 Å². The van der Waals surface area contributed by atoms with Gasteiger partial charge in [0, 0.05) is 31.9 Å². The van der Waals surface area contributed by atoms with Crippen LogP contribution in [-0.2, 0) is 19.6 Å². The number of nitrogens with one attached hydrogen (secondary N) is 1. The number of carbonyl (C=O) groups is 2. The lowest BCUT2D eigenvalue weighted by Crippen LogP contribution is -2.52. The van der Waals surface area contributed by atoms with Gasteiger partial charge in [0.15, 0.2) is 0 Å². The van der Waals surface area contributed by atoms with Crippen molar-refractivity contribution < 1.29 is 18.0 Å². The highest BCUT2D eigenvalue weighted by Crippen LogP contribution is 2.23. The number of hydrogen-bond acceptors (Lipinski definition) is 6. The van der Waals surface area contributed by atoms with E-state index in [1.54, 1.807) is 35.0 Å². The quantitative estimate of drug-likeness (QED) is 0.538. The molecule has 3 aromatic rings. The van der Waals surface area contributed by atoms with Crippen LogP contribution in [0.5, 0.6) is 0 Å². The first kappa shape index (κ1) is 24.8. The lowest BCUT2D eigenvalue weighted by Gasteiger charge is -2.34. The number of pyridine rings is 1. The normalized spacial score (nSPS) is 14.9. The van der Waals surface area contributed by atoms with Crippen LogP contribution < -0.4 is 5.32 Å². The van der Waals surface area contributed by atoms with E-state index in [2.05, 4.69) is 10.3 Å². The molecule has 1 aliphatic heterocycles. The van der Waals surface area contributed by atoms with E-state index >= 15 is 0 Å². The fourth-order valence-electron chi connectivity index (χ4n) is 4.08. The van der Waals surface area contributed by atoms with Crippen LogP contribution in [0.25, 0.3) is 10.8 Å². The third kappa shape index (κ3) is 6.02. The van der Waals surface area contributed by atoms with Crippen molar-refractivity contribution in [1.82, 2.24) is 19.1 Å². The zero-order chi connectivity index (χ0) is 25.0. The molecular weight excluding hydrogens is 466 g/mol. The second-order valence-corrected chi connectivity index (χ2v) is 10.6. The van der Waals surface area contributed by atoms with Crippen molar-refractivity contribution in [1.29, 1.82) is 0 Å². The molecule has 10 heteroatoms. The third-order valence-electron chi connectivity index (χ3n) is 5.92. The minimum atomic E-state index is -3.65. The summed E-state index contributed by atoms with van der Waals surface area (Å²) in [6, 6.07) is 18.1. The molecule has 2 heterocycles. The highest BCUT2D eigenvalue weighted by molar-refractivity contribution is 7.89. The van der Waals surface area contributed by atoms with Gasteiger partial charge in [-0.3, -0.25) is 14.5 Å². The molecular formula is C25H29N5O4S. The van der Waals surface area contributed by atoms with Crippen molar-refractivity contribution in [3.63, 3.8) is 0 Å². The van der Waals surface area contributed by atoms with Gasteiger partial charge < -0.3 is 10.2 Å². The molecule has 0 bridgehead atoms. The number of rotatable bonds is 7. The zero-order valence-corrected chi connectivity index (χ0v) is 20.7. The van der Waals surface area contributed by atoms with Crippen molar-refractivity contribution in [3.8, 4) is 0 Å². The second-order valence-electron chi connectivity index (χ2n) is 8.68. The summed E-state index contributed by atoms with van der Waals surface area (Å²) in [5.74, 6) is 0.0694. The fourth-order valence-corrected chi connectivity index (χ4v) is 5.54. The molecule has 1 fully saturated rings. The van der Waals surface area contributed by atoms with Crippen molar-refractivity contribution in [3.05, 3.63) is 66.4 Å². The average molecular weight is 496 g/mol. The maximum Gasteiger partial charge on any atom is 0.243 e. The minimum Gasteiger partial charge on any atom is -0.339 e. The first-order chi connectivity index (χ1) is 16.7. The highest BCUT2D eigenvalue weighted by atomic mass is 32.2. The molecule has 9 nitrogen and oxygen atoms in total. The average Bonchev–Trinajstić information content (AvgIpc) is 2.83. The number of nitrogens with zero attached hydrogens (tertiary/aromatic N) is 4. The summed E-state index contributed by atoms with van der Waals surface area (Å²) in [5, 5.41) is 4.57. The first-order valence-electron chi connectivity index (χ1n) is 11.4. The SMILES string of the molecule is Cc1cccc(NC(=O)CN(C)CC(=O)N2CCN(S(=O)(=O)c3ccc4ccccc4c3)CC2)n1. The monoisotopic (exact) mass is 495 g/mol. The van der Waals surface area contributed by atoms with Crippen molar-refractivity contribution in [2.75, 3.05) is 51.6 Å². The number of likely N-dealkylation sites (N-methyl/N-ethyl adjacent to an activating group) is 1. The number of amides is 2. The summed E-state index contributed by atoms with van der Waals surface area (Å²) < 4.78 is 27.7. The molecule has 35 heavy (non-hydrogen) atoms. The molecule has 1 aromatic heterocycles. The Morgan fingerprint density at radius 3 is 2.37 bits per heavy atom. The molecule has 1 saturated heterocycles. The van der Waals surface area contributed by atoms with E-state index in [-0.39, 0.29) is 42.9 Å². The van der Waals surface area contributed by atoms with Crippen molar-refractivity contribution in [2.45, 2.75) is 11.8 Å². The van der Waals surface area contributed by atoms with Gasteiger partial charge >= 0.3 is 0 Å². The van der Waals surface area contributed by atoms with Crippen molar-refractivity contribution >= 4 is 38.4 Å².